The van der Waals surface area contributed by atoms with E-state index in [1.807, 2.05) is 30.3 Å². The van der Waals surface area contributed by atoms with Gasteiger partial charge in [-0.05, 0) is 37.3 Å². The molecule has 0 unspecified atom stereocenters. The summed E-state index contributed by atoms with van der Waals surface area (Å²) in [5.41, 5.74) is 3.29. The van der Waals surface area contributed by atoms with Crippen LogP contribution in [-0.4, -0.2) is 22.6 Å². The van der Waals surface area contributed by atoms with Gasteiger partial charge in [-0.3, -0.25) is 14.4 Å². The summed E-state index contributed by atoms with van der Waals surface area (Å²) < 4.78 is 5.35. The van der Waals surface area contributed by atoms with Crippen molar-refractivity contribution in [2.45, 2.75) is 6.92 Å². The first-order chi connectivity index (χ1) is 18.9. The van der Waals surface area contributed by atoms with E-state index in [9.17, 15) is 14.4 Å². The average molecular weight is 534 g/mol. The zero-order valence-corrected chi connectivity index (χ0v) is 21.4. The van der Waals surface area contributed by atoms with Gasteiger partial charge in [-0.25, -0.2) is 0 Å². The first kappa shape index (κ1) is 24.3. The second kappa shape index (κ2) is 9.70. The number of carbonyl (C=O) groups is 3. The Morgan fingerprint density at radius 1 is 0.744 bits per heavy atom. The van der Waals surface area contributed by atoms with Crippen LogP contribution in [0.1, 0.15) is 48.0 Å². The van der Waals surface area contributed by atoms with Crippen molar-refractivity contribution in [1.29, 1.82) is 0 Å². The summed E-state index contributed by atoms with van der Waals surface area (Å²) in [6, 6.07) is 26.3. The molecule has 0 spiro atoms. The van der Waals surface area contributed by atoms with Crippen molar-refractivity contribution in [2.75, 3.05) is 10.6 Å². The molecule has 39 heavy (non-hydrogen) atoms. The molecule has 2 N–H and O–H groups in total. The van der Waals surface area contributed by atoms with Gasteiger partial charge in [0.2, 0.25) is 0 Å². The number of para-hydroxylation sites is 1. The molecule has 0 atom stereocenters. The summed E-state index contributed by atoms with van der Waals surface area (Å²) in [6.07, 6.45) is 0. The molecule has 190 valence electrons. The lowest BCUT2D eigenvalue weighted by Crippen LogP contribution is -2.25. The third-order valence-corrected chi connectivity index (χ3v) is 6.93. The number of ketones is 2. The third-order valence-electron chi connectivity index (χ3n) is 6.60. The number of benzene rings is 4. The van der Waals surface area contributed by atoms with E-state index in [2.05, 4.69) is 15.8 Å². The van der Waals surface area contributed by atoms with E-state index >= 15 is 0 Å². The van der Waals surface area contributed by atoms with E-state index in [1.165, 1.54) is 0 Å². The van der Waals surface area contributed by atoms with Crippen molar-refractivity contribution in [3.8, 4) is 11.3 Å². The van der Waals surface area contributed by atoms with Crippen molar-refractivity contribution in [2.24, 2.45) is 0 Å². The molecule has 1 amide bonds. The van der Waals surface area contributed by atoms with Crippen molar-refractivity contribution < 1.29 is 18.9 Å². The van der Waals surface area contributed by atoms with E-state index in [0.717, 1.165) is 5.69 Å². The molecule has 8 heteroatoms. The van der Waals surface area contributed by atoms with E-state index in [4.69, 9.17) is 16.1 Å². The lowest BCUT2D eigenvalue weighted by Gasteiger charge is -2.23. The van der Waals surface area contributed by atoms with Crippen LogP contribution in [0.4, 0.5) is 17.1 Å². The minimum Gasteiger partial charge on any atom is -0.360 e. The number of carbonyl (C=O) groups excluding carboxylic acids is 3. The molecule has 1 heterocycles. The average Bonchev–Trinajstić information content (AvgIpc) is 3.34. The molecule has 4 aromatic carbocycles. The SMILES string of the molecule is Cc1onc(-c2ccccc2Cl)c1C(=O)Nc1ccc(Nc2ccccc2)c2c1C(=O)c1ccccc1C2=O. The Bertz CT molecular complexity index is 1790. The number of nitrogens with zero attached hydrogens (tertiary/aromatic N) is 1. The van der Waals surface area contributed by atoms with Crippen molar-refractivity contribution in [3.63, 3.8) is 0 Å². The van der Waals surface area contributed by atoms with Gasteiger partial charge in [-0.2, -0.15) is 0 Å². The van der Waals surface area contributed by atoms with Crippen molar-refractivity contribution >= 4 is 46.1 Å². The van der Waals surface area contributed by atoms with Crippen LogP contribution in [0, 0.1) is 6.92 Å². The second-order valence-corrected chi connectivity index (χ2v) is 9.41. The van der Waals surface area contributed by atoms with Gasteiger partial charge in [0.15, 0.2) is 11.6 Å². The number of hydrogen-bond acceptors (Lipinski definition) is 6. The monoisotopic (exact) mass is 533 g/mol. The maximum absolute atomic E-state index is 13.8. The predicted octanol–water partition coefficient (Wildman–Crippen LogP) is 7.07. The van der Waals surface area contributed by atoms with Crippen LogP contribution in [0.3, 0.4) is 0 Å². The molecule has 0 radical (unpaired) electrons. The molecule has 6 rings (SSSR count). The Kier molecular flexibility index (Phi) is 6.05. The molecule has 0 bridgehead atoms. The van der Waals surface area contributed by atoms with Gasteiger partial charge in [0, 0.05) is 22.4 Å². The molecule has 1 aliphatic rings. The van der Waals surface area contributed by atoms with Crippen LogP contribution in [0.25, 0.3) is 11.3 Å². The van der Waals surface area contributed by atoms with Gasteiger partial charge in [-0.1, -0.05) is 77.4 Å². The van der Waals surface area contributed by atoms with Crippen LogP contribution >= 0.6 is 11.6 Å². The highest BCUT2D eigenvalue weighted by Crippen LogP contribution is 2.38. The number of halogens is 1. The third kappa shape index (κ3) is 4.19. The summed E-state index contributed by atoms with van der Waals surface area (Å²) in [6.45, 7) is 1.62. The Morgan fingerprint density at radius 3 is 1.97 bits per heavy atom. The number of anilines is 3. The van der Waals surface area contributed by atoms with Gasteiger partial charge < -0.3 is 15.2 Å². The number of amides is 1. The van der Waals surface area contributed by atoms with Crippen LogP contribution in [0.2, 0.25) is 5.02 Å². The van der Waals surface area contributed by atoms with E-state index in [0.29, 0.717) is 21.8 Å². The lowest BCUT2D eigenvalue weighted by molar-refractivity contribution is 0.0979. The molecular formula is C31H20ClN3O4. The van der Waals surface area contributed by atoms with Crippen LogP contribution in [0.15, 0.2) is 95.5 Å². The summed E-state index contributed by atoms with van der Waals surface area (Å²) in [5.74, 6) is -0.937. The number of nitrogens with one attached hydrogen (secondary N) is 2. The minimum absolute atomic E-state index is 0.112. The van der Waals surface area contributed by atoms with Crippen LogP contribution in [0.5, 0.6) is 0 Å². The zero-order chi connectivity index (χ0) is 27.1. The Labute approximate surface area is 228 Å². The van der Waals surface area contributed by atoms with Crippen molar-refractivity contribution in [1.82, 2.24) is 5.16 Å². The standard InChI is InChI=1S/C31H20ClN3O4/c1-17-25(28(35-39-17)21-13-7-8-14-22(21)32)31(38)34-24-16-15-23(33-18-9-3-2-4-10-18)26-27(24)30(37)20-12-6-5-11-19(20)29(26)36/h2-16,33H,1H3,(H,34,38). The fourth-order valence-corrected chi connectivity index (χ4v) is 4.99. The highest BCUT2D eigenvalue weighted by Gasteiger charge is 2.35. The smallest absolute Gasteiger partial charge is 0.261 e. The summed E-state index contributed by atoms with van der Waals surface area (Å²) in [5, 5.41) is 10.5. The van der Waals surface area contributed by atoms with Gasteiger partial charge >= 0.3 is 0 Å². The number of aromatic nitrogens is 1. The highest BCUT2D eigenvalue weighted by molar-refractivity contribution is 6.34. The molecule has 5 aromatic rings. The molecule has 0 saturated heterocycles. The molecule has 0 fully saturated rings. The Hall–Kier alpha value is -5.01. The van der Waals surface area contributed by atoms with Gasteiger partial charge in [-0.15, -0.1) is 0 Å². The number of hydrogen-bond donors (Lipinski definition) is 2. The Morgan fingerprint density at radius 2 is 1.31 bits per heavy atom. The molecule has 1 aliphatic carbocycles. The van der Waals surface area contributed by atoms with Gasteiger partial charge in [0.1, 0.15) is 17.0 Å². The predicted molar refractivity (Wildman–Crippen MR) is 149 cm³/mol. The fourth-order valence-electron chi connectivity index (χ4n) is 4.77. The first-order valence-corrected chi connectivity index (χ1v) is 12.5. The van der Waals surface area contributed by atoms with Gasteiger partial charge in [0.25, 0.3) is 5.91 Å². The van der Waals surface area contributed by atoms with Crippen molar-refractivity contribution in [3.05, 3.63) is 130 Å². The van der Waals surface area contributed by atoms with Crippen LogP contribution in [-0.2, 0) is 0 Å². The number of fused-ring (bicyclic) bond motifs is 2. The molecule has 0 saturated carbocycles. The zero-order valence-electron chi connectivity index (χ0n) is 20.6. The Balaban J connectivity index is 1.46. The molecule has 0 aliphatic heterocycles. The number of aryl methyl sites for hydroxylation is 1. The van der Waals surface area contributed by atoms with E-state index in [1.54, 1.807) is 67.6 Å². The van der Waals surface area contributed by atoms with Gasteiger partial charge in [0.05, 0.1) is 27.5 Å². The first-order valence-electron chi connectivity index (χ1n) is 12.1. The summed E-state index contributed by atoms with van der Waals surface area (Å²) >= 11 is 6.36. The largest absolute Gasteiger partial charge is 0.360 e. The second-order valence-electron chi connectivity index (χ2n) is 9.00. The highest BCUT2D eigenvalue weighted by atomic mass is 35.5. The topological polar surface area (TPSA) is 101 Å². The molecule has 7 nitrogen and oxygen atoms in total. The molecule has 1 aromatic heterocycles. The maximum atomic E-state index is 13.8. The van der Waals surface area contributed by atoms with Crippen LogP contribution < -0.4 is 10.6 Å². The van der Waals surface area contributed by atoms with E-state index in [-0.39, 0.29) is 51.0 Å². The summed E-state index contributed by atoms with van der Waals surface area (Å²) in [7, 11) is 0. The normalized spacial score (nSPS) is 12.1. The maximum Gasteiger partial charge on any atom is 0.261 e. The minimum atomic E-state index is -0.547. The van der Waals surface area contributed by atoms with E-state index < -0.39 is 5.91 Å². The fraction of sp³-hybridized carbons (Fsp3) is 0.0323. The summed E-state index contributed by atoms with van der Waals surface area (Å²) in [4.78, 5) is 41.1. The quantitative estimate of drug-likeness (QED) is 0.245. The lowest BCUT2D eigenvalue weighted by atomic mass is 9.82. The number of rotatable bonds is 5. The molecular weight excluding hydrogens is 514 g/mol.